The second-order valence-corrected chi connectivity index (χ2v) is 6.77. The maximum absolute atomic E-state index is 12.4. The van der Waals surface area contributed by atoms with Gasteiger partial charge in [-0.1, -0.05) is 41.9 Å². The molecule has 0 unspecified atom stereocenters. The number of carbonyl (C=O) groups is 1. The van der Waals surface area contributed by atoms with Crippen LogP contribution in [0.25, 0.3) is 10.8 Å². The van der Waals surface area contributed by atoms with Gasteiger partial charge in [-0.15, -0.1) is 11.8 Å². The summed E-state index contributed by atoms with van der Waals surface area (Å²) >= 11 is 7.70. The van der Waals surface area contributed by atoms with Crippen molar-refractivity contribution in [1.29, 1.82) is 0 Å². The lowest BCUT2D eigenvalue weighted by molar-refractivity contribution is -0.131. The number of benzene rings is 3. The Balaban J connectivity index is 1.77. The molecule has 0 fully saturated rings. The fourth-order valence-electron chi connectivity index (χ4n) is 2.58. The quantitative estimate of drug-likeness (QED) is 0.329. The van der Waals surface area contributed by atoms with Gasteiger partial charge >= 0.3 is 5.97 Å². The molecule has 0 heterocycles. The molecule has 0 aliphatic heterocycles. The number of carbonyl (C=O) groups excluding carboxylic acids is 1. The van der Waals surface area contributed by atoms with E-state index in [2.05, 4.69) is 0 Å². The van der Waals surface area contributed by atoms with Gasteiger partial charge in [-0.2, -0.15) is 0 Å². The summed E-state index contributed by atoms with van der Waals surface area (Å²) in [6.45, 7) is 0. The lowest BCUT2D eigenvalue weighted by Gasteiger charge is -2.13. The molecule has 134 valence electrons. The summed E-state index contributed by atoms with van der Waals surface area (Å²) in [5, 5.41) is 2.62. The summed E-state index contributed by atoms with van der Waals surface area (Å²) < 4.78 is 16.0. The molecule has 0 bridgehead atoms. The second kappa shape index (κ2) is 8.34. The summed E-state index contributed by atoms with van der Waals surface area (Å²) in [6.07, 6.45) is 0. The van der Waals surface area contributed by atoms with Gasteiger partial charge in [0.15, 0.2) is 11.5 Å². The van der Waals surface area contributed by atoms with Crippen molar-refractivity contribution in [2.75, 3.05) is 20.0 Å². The molecule has 3 aromatic carbocycles. The van der Waals surface area contributed by atoms with Crippen LogP contribution < -0.4 is 14.2 Å². The molecular formula is C20H17ClO4S. The van der Waals surface area contributed by atoms with Gasteiger partial charge in [0.1, 0.15) is 0 Å². The third kappa shape index (κ3) is 3.89. The van der Waals surface area contributed by atoms with Crippen LogP contribution in [0.2, 0.25) is 5.02 Å². The molecule has 6 heteroatoms. The van der Waals surface area contributed by atoms with E-state index in [1.54, 1.807) is 18.2 Å². The van der Waals surface area contributed by atoms with Crippen molar-refractivity contribution in [2.24, 2.45) is 0 Å². The van der Waals surface area contributed by atoms with Gasteiger partial charge in [0, 0.05) is 15.3 Å². The van der Waals surface area contributed by atoms with E-state index in [-0.39, 0.29) is 11.5 Å². The lowest BCUT2D eigenvalue weighted by atomic mass is 10.1. The van der Waals surface area contributed by atoms with Crippen molar-refractivity contribution in [3.63, 3.8) is 0 Å². The van der Waals surface area contributed by atoms with Crippen LogP contribution in [0.5, 0.6) is 17.2 Å². The Morgan fingerprint density at radius 2 is 1.58 bits per heavy atom. The lowest BCUT2D eigenvalue weighted by Crippen LogP contribution is -2.12. The van der Waals surface area contributed by atoms with Gasteiger partial charge in [-0.25, -0.2) is 0 Å². The smallest absolute Gasteiger partial charge is 0.321 e. The van der Waals surface area contributed by atoms with Crippen LogP contribution in [0.15, 0.2) is 59.5 Å². The molecule has 0 amide bonds. The minimum absolute atomic E-state index is 0.130. The van der Waals surface area contributed by atoms with E-state index in [0.717, 1.165) is 15.7 Å². The first-order valence-electron chi connectivity index (χ1n) is 7.85. The van der Waals surface area contributed by atoms with Gasteiger partial charge in [0.2, 0.25) is 5.75 Å². The fourth-order valence-corrected chi connectivity index (χ4v) is 3.80. The number of esters is 1. The molecule has 0 spiro atoms. The van der Waals surface area contributed by atoms with Gasteiger partial charge < -0.3 is 14.2 Å². The minimum atomic E-state index is -0.401. The average molecular weight is 389 g/mol. The first-order chi connectivity index (χ1) is 12.6. The molecule has 0 aliphatic carbocycles. The van der Waals surface area contributed by atoms with E-state index in [1.807, 2.05) is 36.4 Å². The minimum Gasteiger partial charge on any atom is -0.493 e. The van der Waals surface area contributed by atoms with Gasteiger partial charge in [-0.05, 0) is 29.7 Å². The van der Waals surface area contributed by atoms with Crippen LogP contribution in [-0.4, -0.2) is 25.9 Å². The molecule has 0 aliphatic rings. The highest BCUT2D eigenvalue weighted by Gasteiger charge is 2.16. The number of methoxy groups -OCH3 is 2. The molecule has 4 nitrogen and oxygen atoms in total. The van der Waals surface area contributed by atoms with E-state index in [9.17, 15) is 4.79 Å². The van der Waals surface area contributed by atoms with Crippen molar-refractivity contribution in [2.45, 2.75) is 4.90 Å². The third-order valence-electron chi connectivity index (χ3n) is 3.76. The van der Waals surface area contributed by atoms with Crippen LogP contribution in [0.1, 0.15) is 0 Å². The number of thioether (sulfide) groups is 1. The topological polar surface area (TPSA) is 44.8 Å². The van der Waals surface area contributed by atoms with E-state index < -0.39 is 5.97 Å². The summed E-state index contributed by atoms with van der Waals surface area (Å²) in [6, 6.07) is 16.8. The predicted molar refractivity (Wildman–Crippen MR) is 105 cm³/mol. The highest BCUT2D eigenvalue weighted by Crippen LogP contribution is 2.38. The number of hydrogen-bond donors (Lipinski definition) is 0. The Hall–Kier alpha value is -2.37. The monoisotopic (exact) mass is 388 g/mol. The molecule has 3 rings (SSSR count). The molecule has 0 radical (unpaired) electrons. The number of halogens is 1. The molecule has 0 atom stereocenters. The summed E-state index contributed by atoms with van der Waals surface area (Å²) in [5.41, 5.74) is 0. The van der Waals surface area contributed by atoms with Gasteiger partial charge in [0.25, 0.3) is 0 Å². The Morgan fingerprint density at radius 3 is 2.23 bits per heavy atom. The van der Waals surface area contributed by atoms with Gasteiger partial charge in [0.05, 0.1) is 20.0 Å². The first-order valence-corrected chi connectivity index (χ1v) is 9.22. The van der Waals surface area contributed by atoms with Crippen LogP contribution in [0.4, 0.5) is 0 Å². The number of hydrogen-bond acceptors (Lipinski definition) is 5. The second-order valence-electron chi connectivity index (χ2n) is 5.35. The number of fused-ring (bicyclic) bond motifs is 1. The Bertz CT molecular complexity index is 915. The SMILES string of the molecule is COc1cccc(OC)c1OC(=O)CSc1cccc2cccc(Cl)c12. The van der Waals surface area contributed by atoms with Crippen LogP contribution in [-0.2, 0) is 4.79 Å². The van der Waals surface area contributed by atoms with E-state index >= 15 is 0 Å². The molecule has 0 saturated carbocycles. The van der Waals surface area contributed by atoms with E-state index in [1.165, 1.54) is 26.0 Å². The van der Waals surface area contributed by atoms with Crippen molar-refractivity contribution in [1.82, 2.24) is 0 Å². The number of para-hydroxylation sites is 1. The number of ether oxygens (including phenoxy) is 3. The van der Waals surface area contributed by atoms with Gasteiger partial charge in [-0.3, -0.25) is 4.79 Å². The molecular weight excluding hydrogens is 372 g/mol. The zero-order valence-electron chi connectivity index (χ0n) is 14.3. The molecule has 0 N–H and O–H groups in total. The first kappa shape index (κ1) is 18.4. The Kier molecular flexibility index (Phi) is 5.91. The van der Waals surface area contributed by atoms with E-state index in [4.69, 9.17) is 25.8 Å². The summed E-state index contributed by atoms with van der Waals surface area (Å²) in [5.74, 6) is 0.888. The molecule has 3 aromatic rings. The molecule has 26 heavy (non-hydrogen) atoms. The Morgan fingerprint density at radius 1 is 0.962 bits per heavy atom. The largest absolute Gasteiger partial charge is 0.493 e. The Labute approximate surface area is 161 Å². The van der Waals surface area contributed by atoms with Crippen molar-refractivity contribution >= 4 is 40.1 Å². The fraction of sp³-hybridized carbons (Fsp3) is 0.150. The maximum Gasteiger partial charge on any atom is 0.321 e. The van der Waals surface area contributed by atoms with Crippen LogP contribution in [0, 0.1) is 0 Å². The number of rotatable bonds is 6. The van der Waals surface area contributed by atoms with Crippen LogP contribution >= 0.6 is 23.4 Å². The standard InChI is InChI=1S/C20H17ClO4S/c1-23-15-9-5-10-16(24-2)20(15)25-18(22)12-26-17-11-4-7-13-6-3-8-14(21)19(13)17/h3-11H,12H2,1-2H3. The van der Waals surface area contributed by atoms with Crippen molar-refractivity contribution in [3.8, 4) is 17.2 Å². The zero-order valence-corrected chi connectivity index (χ0v) is 15.9. The highest BCUT2D eigenvalue weighted by molar-refractivity contribution is 8.00. The summed E-state index contributed by atoms with van der Waals surface area (Å²) in [4.78, 5) is 13.3. The van der Waals surface area contributed by atoms with Crippen LogP contribution in [0.3, 0.4) is 0 Å². The summed E-state index contributed by atoms with van der Waals surface area (Å²) in [7, 11) is 3.03. The zero-order chi connectivity index (χ0) is 18.5. The molecule has 0 aromatic heterocycles. The molecule has 0 saturated heterocycles. The van der Waals surface area contributed by atoms with Crippen molar-refractivity contribution < 1.29 is 19.0 Å². The van der Waals surface area contributed by atoms with E-state index in [0.29, 0.717) is 16.5 Å². The van der Waals surface area contributed by atoms with Crippen molar-refractivity contribution in [3.05, 3.63) is 59.6 Å². The normalized spacial score (nSPS) is 10.6. The average Bonchev–Trinajstić information content (AvgIpc) is 2.66. The highest BCUT2D eigenvalue weighted by atomic mass is 35.5. The third-order valence-corrected chi connectivity index (χ3v) is 5.11. The maximum atomic E-state index is 12.4. The predicted octanol–water partition coefficient (Wildman–Crippen LogP) is 5.21.